The highest BCUT2D eigenvalue weighted by Crippen LogP contribution is 2.35. The molecular weight excluding hydrogens is 302 g/mol. The van der Waals surface area contributed by atoms with Crippen LogP contribution in [0.3, 0.4) is 0 Å². The van der Waals surface area contributed by atoms with Gasteiger partial charge in [-0.25, -0.2) is 4.99 Å². The molecule has 0 radical (unpaired) electrons. The summed E-state index contributed by atoms with van der Waals surface area (Å²) in [7, 11) is 3.76. The Hall–Kier alpha value is -2.26. The highest BCUT2D eigenvalue weighted by Gasteiger charge is 2.15. The lowest BCUT2D eigenvalue weighted by Crippen LogP contribution is -2.22. The van der Waals surface area contributed by atoms with E-state index in [9.17, 15) is 5.26 Å². The van der Waals surface area contributed by atoms with Crippen molar-refractivity contribution in [3.05, 3.63) is 17.2 Å². The van der Waals surface area contributed by atoms with E-state index in [1.165, 1.54) is 25.9 Å². The predicted molar refractivity (Wildman–Crippen MR) is 97.9 cm³/mol. The van der Waals surface area contributed by atoms with Crippen LogP contribution in [0.4, 0.5) is 11.4 Å². The molecule has 0 bridgehead atoms. The van der Waals surface area contributed by atoms with Crippen molar-refractivity contribution in [2.24, 2.45) is 4.99 Å². The highest BCUT2D eigenvalue weighted by atomic mass is 16.5. The first-order chi connectivity index (χ1) is 11.5. The van der Waals surface area contributed by atoms with Gasteiger partial charge in [-0.2, -0.15) is 5.26 Å². The Morgan fingerprint density at radius 2 is 2.12 bits per heavy atom. The summed E-state index contributed by atoms with van der Waals surface area (Å²) in [5, 5.41) is 9.45. The maximum absolute atomic E-state index is 9.45. The van der Waals surface area contributed by atoms with Crippen LogP contribution in [0.5, 0.6) is 5.75 Å². The molecular formula is C18H27N5O. The van der Waals surface area contributed by atoms with E-state index in [0.717, 1.165) is 18.5 Å². The van der Waals surface area contributed by atoms with E-state index in [-0.39, 0.29) is 0 Å². The zero-order chi connectivity index (χ0) is 17.5. The maximum Gasteiger partial charge on any atom is 0.146 e. The first kappa shape index (κ1) is 18.1. The van der Waals surface area contributed by atoms with Crippen molar-refractivity contribution in [3.8, 4) is 11.8 Å². The van der Waals surface area contributed by atoms with Crippen LogP contribution in [-0.2, 0) is 0 Å². The van der Waals surface area contributed by atoms with Crippen LogP contribution in [0, 0.1) is 18.3 Å². The number of nitrogens with two attached hydrogens (primary N) is 1. The number of rotatable bonds is 7. The molecule has 1 aromatic rings. The first-order valence-corrected chi connectivity index (χ1v) is 8.42. The van der Waals surface area contributed by atoms with Gasteiger partial charge in [0, 0.05) is 26.2 Å². The molecule has 24 heavy (non-hydrogen) atoms. The molecule has 1 heterocycles. The number of aliphatic imine (C=N–C) groups is 1. The zero-order valence-corrected chi connectivity index (χ0v) is 14.9. The lowest BCUT2D eigenvalue weighted by molar-refractivity contribution is 0.263. The molecule has 130 valence electrons. The molecule has 1 aliphatic rings. The molecule has 1 aromatic carbocycles. The summed E-state index contributed by atoms with van der Waals surface area (Å²) in [5.74, 6) is 0.608. The molecule has 0 aromatic heterocycles. The summed E-state index contributed by atoms with van der Waals surface area (Å²) in [4.78, 5) is 8.60. The van der Waals surface area contributed by atoms with Crippen LogP contribution in [0.1, 0.15) is 30.4 Å². The normalized spacial score (nSPS) is 14.9. The van der Waals surface area contributed by atoms with Gasteiger partial charge >= 0.3 is 0 Å². The number of nitrogen functional groups attached to an aromatic ring is 1. The fourth-order valence-corrected chi connectivity index (χ4v) is 2.89. The van der Waals surface area contributed by atoms with Crippen LogP contribution >= 0.6 is 0 Å². The Morgan fingerprint density at radius 1 is 1.42 bits per heavy atom. The monoisotopic (exact) mass is 329 g/mol. The smallest absolute Gasteiger partial charge is 0.146 e. The Morgan fingerprint density at radius 3 is 2.75 bits per heavy atom. The Bertz CT molecular complexity index is 627. The maximum atomic E-state index is 9.45. The van der Waals surface area contributed by atoms with Gasteiger partial charge in [0.25, 0.3) is 0 Å². The van der Waals surface area contributed by atoms with E-state index in [1.807, 2.05) is 25.9 Å². The van der Waals surface area contributed by atoms with Gasteiger partial charge in [-0.05, 0) is 45.3 Å². The quantitative estimate of drug-likeness (QED) is 0.360. The molecule has 2 N–H and O–H groups in total. The minimum atomic E-state index is 0.511. The van der Waals surface area contributed by atoms with Gasteiger partial charge in [0.2, 0.25) is 0 Å². The van der Waals surface area contributed by atoms with E-state index in [2.05, 4.69) is 16.0 Å². The van der Waals surface area contributed by atoms with Crippen LogP contribution in [0.2, 0.25) is 0 Å². The van der Waals surface area contributed by atoms with Gasteiger partial charge in [0.1, 0.15) is 11.8 Å². The van der Waals surface area contributed by atoms with Crippen molar-refractivity contribution in [2.45, 2.75) is 26.2 Å². The van der Waals surface area contributed by atoms with Crippen molar-refractivity contribution >= 4 is 17.7 Å². The summed E-state index contributed by atoms with van der Waals surface area (Å²) in [6.07, 6.45) is 5.22. The van der Waals surface area contributed by atoms with Gasteiger partial charge in [-0.1, -0.05) is 0 Å². The topological polar surface area (TPSA) is 77.9 Å². The lowest BCUT2D eigenvalue weighted by atomic mass is 10.1. The molecule has 0 unspecified atom stereocenters. The van der Waals surface area contributed by atoms with Crippen LogP contribution in [-0.4, -0.2) is 56.5 Å². The lowest BCUT2D eigenvalue weighted by Gasteiger charge is -2.17. The number of nitrogens with zero attached hydrogens (tertiary/aromatic N) is 4. The first-order valence-electron chi connectivity index (χ1n) is 8.42. The molecule has 2 rings (SSSR count). The minimum absolute atomic E-state index is 0.511. The van der Waals surface area contributed by atoms with Crippen LogP contribution in [0.15, 0.2) is 11.1 Å². The SMILES string of the molecule is Cc1c(C#N)c(/N=C/N(C)C)cc(N)c1OCCCN1CCCC1. The number of anilines is 1. The highest BCUT2D eigenvalue weighted by molar-refractivity contribution is 5.74. The van der Waals surface area contributed by atoms with Crippen molar-refractivity contribution in [2.75, 3.05) is 46.1 Å². The van der Waals surface area contributed by atoms with Crippen LogP contribution < -0.4 is 10.5 Å². The number of hydrogen-bond acceptors (Lipinski definition) is 5. The third-order valence-electron chi connectivity index (χ3n) is 4.13. The molecule has 1 saturated heterocycles. The number of likely N-dealkylation sites (tertiary alicyclic amines) is 1. The largest absolute Gasteiger partial charge is 0.491 e. The predicted octanol–water partition coefficient (Wildman–Crippen LogP) is 2.54. The summed E-state index contributed by atoms with van der Waals surface area (Å²) in [6, 6.07) is 3.92. The van der Waals surface area contributed by atoms with E-state index in [1.54, 1.807) is 12.4 Å². The Balaban J connectivity index is 2.05. The number of hydrogen-bond donors (Lipinski definition) is 1. The third kappa shape index (κ3) is 4.62. The molecule has 0 spiro atoms. The molecule has 6 heteroatoms. The fraction of sp³-hybridized carbons (Fsp3) is 0.556. The third-order valence-corrected chi connectivity index (χ3v) is 4.13. The second-order valence-electron chi connectivity index (χ2n) is 6.38. The van der Waals surface area contributed by atoms with Gasteiger partial charge in [-0.3, -0.25) is 0 Å². The van der Waals surface area contributed by atoms with Gasteiger partial charge in [0.15, 0.2) is 0 Å². The summed E-state index contributed by atoms with van der Waals surface area (Å²) < 4.78 is 5.89. The fourth-order valence-electron chi connectivity index (χ4n) is 2.89. The number of benzene rings is 1. The second-order valence-corrected chi connectivity index (χ2v) is 6.38. The second kappa shape index (κ2) is 8.55. The number of nitriles is 1. The molecule has 0 saturated carbocycles. The van der Waals surface area contributed by atoms with E-state index < -0.39 is 0 Å². The van der Waals surface area contributed by atoms with Gasteiger partial charge in [-0.15, -0.1) is 0 Å². The van der Waals surface area contributed by atoms with Gasteiger partial charge in [0.05, 0.1) is 29.9 Å². The molecule has 1 fully saturated rings. The molecule has 0 atom stereocenters. The van der Waals surface area contributed by atoms with Crippen molar-refractivity contribution in [1.82, 2.24) is 9.80 Å². The Kier molecular flexibility index (Phi) is 6.44. The standard InChI is InChI=1S/C18H27N5O/c1-14-15(12-19)17(21-13-22(2)3)11-16(20)18(14)24-10-6-9-23-7-4-5-8-23/h11,13H,4-10,20H2,1-3H3/b21-13+. The van der Waals surface area contributed by atoms with Gasteiger partial charge < -0.3 is 20.3 Å². The van der Waals surface area contributed by atoms with Crippen molar-refractivity contribution < 1.29 is 4.74 Å². The molecule has 6 nitrogen and oxygen atoms in total. The Labute approximate surface area is 144 Å². The summed E-state index contributed by atoms with van der Waals surface area (Å²) >= 11 is 0. The summed E-state index contributed by atoms with van der Waals surface area (Å²) in [5.41, 5.74) is 8.49. The summed E-state index contributed by atoms with van der Waals surface area (Å²) in [6.45, 7) is 5.90. The van der Waals surface area contributed by atoms with Crippen molar-refractivity contribution in [1.29, 1.82) is 5.26 Å². The average Bonchev–Trinajstić information content (AvgIpc) is 3.05. The molecule has 0 amide bonds. The van der Waals surface area contributed by atoms with E-state index in [0.29, 0.717) is 29.3 Å². The minimum Gasteiger partial charge on any atom is -0.491 e. The molecule has 0 aliphatic carbocycles. The van der Waals surface area contributed by atoms with Crippen molar-refractivity contribution in [3.63, 3.8) is 0 Å². The average molecular weight is 329 g/mol. The van der Waals surface area contributed by atoms with E-state index in [4.69, 9.17) is 10.5 Å². The number of ether oxygens (including phenoxy) is 1. The molecule has 1 aliphatic heterocycles. The zero-order valence-electron chi connectivity index (χ0n) is 14.9. The van der Waals surface area contributed by atoms with Crippen LogP contribution in [0.25, 0.3) is 0 Å². The van der Waals surface area contributed by atoms with E-state index >= 15 is 0 Å².